The number of rotatable bonds is 7. The Morgan fingerprint density at radius 3 is 2.32 bits per heavy atom. The van der Waals surface area contributed by atoms with Crippen molar-refractivity contribution in [2.75, 3.05) is 19.0 Å². The van der Waals surface area contributed by atoms with Gasteiger partial charge in [0.15, 0.2) is 0 Å². The van der Waals surface area contributed by atoms with E-state index in [-0.39, 0.29) is 11.3 Å². The number of halogens is 3. The van der Waals surface area contributed by atoms with Gasteiger partial charge in [0.2, 0.25) is 0 Å². The van der Waals surface area contributed by atoms with E-state index >= 15 is 0 Å². The zero-order valence-electron chi connectivity index (χ0n) is 15.4. The molecule has 1 N–H and O–H groups in total. The summed E-state index contributed by atoms with van der Waals surface area (Å²) >= 11 is 0. The van der Waals surface area contributed by atoms with Crippen molar-refractivity contribution in [1.82, 2.24) is 0 Å². The molecule has 0 spiro atoms. The number of carbonyl (C=O) groups is 2. The minimum Gasteiger partial charge on any atom is -0.465 e. The van der Waals surface area contributed by atoms with E-state index < -0.39 is 23.7 Å². The lowest BCUT2D eigenvalue weighted by Gasteiger charge is -2.12. The maximum atomic E-state index is 12.6. The van der Waals surface area contributed by atoms with Crippen molar-refractivity contribution in [2.45, 2.75) is 25.9 Å². The number of hydrogen-bond donors (Lipinski definition) is 1. The van der Waals surface area contributed by atoms with Gasteiger partial charge in [0.05, 0.1) is 12.7 Å². The van der Waals surface area contributed by atoms with Gasteiger partial charge < -0.3 is 14.8 Å². The SMILES string of the molecule is COC(=O)c1cc(NCCCc2ccc(C(F)(F)F)cc2)ccc1OC(C)=O. The quantitative estimate of drug-likeness (QED) is 0.426. The topological polar surface area (TPSA) is 64.6 Å². The molecule has 2 aromatic rings. The normalized spacial score (nSPS) is 11.0. The summed E-state index contributed by atoms with van der Waals surface area (Å²) in [5.74, 6) is -1.08. The number of nitrogens with one attached hydrogen (secondary N) is 1. The van der Waals surface area contributed by atoms with Crippen LogP contribution in [-0.2, 0) is 22.1 Å². The summed E-state index contributed by atoms with van der Waals surface area (Å²) in [6.45, 7) is 1.77. The molecule has 0 aromatic heterocycles. The molecule has 0 bridgehead atoms. The third-order valence-electron chi connectivity index (χ3n) is 3.89. The molecule has 0 unspecified atom stereocenters. The van der Waals surface area contributed by atoms with Crippen LogP contribution in [0, 0.1) is 0 Å². The number of esters is 2. The first-order valence-electron chi connectivity index (χ1n) is 8.51. The Labute approximate surface area is 160 Å². The van der Waals surface area contributed by atoms with Crippen molar-refractivity contribution >= 4 is 17.6 Å². The van der Waals surface area contributed by atoms with E-state index in [4.69, 9.17) is 9.47 Å². The molecule has 2 rings (SSSR count). The summed E-state index contributed by atoms with van der Waals surface area (Å²) in [5.41, 5.74) is 0.877. The van der Waals surface area contributed by atoms with Gasteiger partial charge in [-0.05, 0) is 48.7 Å². The summed E-state index contributed by atoms with van der Waals surface area (Å²) in [5, 5.41) is 3.12. The van der Waals surface area contributed by atoms with Gasteiger partial charge in [-0.15, -0.1) is 0 Å². The van der Waals surface area contributed by atoms with Gasteiger partial charge in [-0.2, -0.15) is 13.2 Å². The zero-order chi connectivity index (χ0) is 20.7. The number of alkyl halides is 3. The molecule has 0 saturated heterocycles. The Bertz CT molecular complexity index is 832. The molecule has 0 radical (unpaired) electrons. The highest BCUT2D eigenvalue weighted by atomic mass is 19.4. The number of benzene rings is 2. The number of methoxy groups -OCH3 is 1. The Kier molecular flexibility index (Phi) is 7.03. The monoisotopic (exact) mass is 395 g/mol. The molecule has 0 amide bonds. The standard InChI is InChI=1S/C20H20F3NO4/c1-13(25)28-18-10-9-16(12-17(18)19(26)27-2)24-11-3-4-14-5-7-15(8-6-14)20(21,22)23/h5-10,12,24H,3-4,11H2,1-2H3. The summed E-state index contributed by atoms with van der Waals surface area (Å²) in [6.07, 6.45) is -3.07. The molecule has 2 aromatic carbocycles. The van der Waals surface area contributed by atoms with Crippen molar-refractivity contribution in [2.24, 2.45) is 0 Å². The second-order valence-electron chi connectivity index (χ2n) is 6.02. The fourth-order valence-corrected chi connectivity index (χ4v) is 2.54. The van der Waals surface area contributed by atoms with Crippen LogP contribution in [0.15, 0.2) is 42.5 Å². The maximum absolute atomic E-state index is 12.6. The van der Waals surface area contributed by atoms with Crippen LogP contribution < -0.4 is 10.1 Å². The van der Waals surface area contributed by atoms with E-state index in [1.807, 2.05) is 0 Å². The molecule has 150 valence electrons. The highest BCUT2D eigenvalue weighted by molar-refractivity contribution is 5.94. The van der Waals surface area contributed by atoms with Gasteiger partial charge in [-0.25, -0.2) is 4.79 Å². The molecular weight excluding hydrogens is 375 g/mol. The second-order valence-corrected chi connectivity index (χ2v) is 6.02. The first kappa shape index (κ1) is 21.3. The average Bonchev–Trinajstić information content (AvgIpc) is 2.64. The van der Waals surface area contributed by atoms with E-state index in [2.05, 4.69) is 5.32 Å². The molecule has 8 heteroatoms. The van der Waals surface area contributed by atoms with E-state index in [1.165, 1.54) is 38.3 Å². The number of carbonyl (C=O) groups excluding carboxylic acids is 2. The Morgan fingerprint density at radius 2 is 1.75 bits per heavy atom. The van der Waals surface area contributed by atoms with E-state index in [0.717, 1.165) is 17.7 Å². The molecule has 28 heavy (non-hydrogen) atoms. The number of anilines is 1. The zero-order valence-corrected chi connectivity index (χ0v) is 15.4. The number of aryl methyl sites for hydroxylation is 1. The first-order chi connectivity index (χ1) is 13.2. The van der Waals surface area contributed by atoms with Gasteiger partial charge in [0.25, 0.3) is 0 Å². The fourth-order valence-electron chi connectivity index (χ4n) is 2.54. The van der Waals surface area contributed by atoms with Crippen LogP contribution in [0.2, 0.25) is 0 Å². The second kappa shape index (κ2) is 9.25. The molecule has 0 heterocycles. The Hall–Kier alpha value is -3.03. The van der Waals surface area contributed by atoms with Crippen molar-refractivity contribution in [3.8, 4) is 5.75 Å². The van der Waals surface area contributed by atoms with Crippen molar-refractivity contribution in [1.29, 1.82) is 0 Å². The number of hydrogen-bond acceptors (Lipinski definition) is 5. The number of ether oxygens (including phenoxy) is 2. The highest BCUT2D eigenvalue weighted by Crippen LogP contribution is 2.29. The molecule has 0 atom stereocenters. The molecular formula is C20H20F3NO4. The van der Waals surface area contributed by atoms with Gasteiger partial charge in [-0.1, -0.05) is 12.1 Å². The van der Waals surface area contributed by atoms with Crippen LogP contribution in [0.3, 0.4) is 0 Å². The fraction of sp³-hybridized carbons (Fsp3) is 0.300. The van der Waals surface area contributed by atoms with Gasteiger partial charge >= 0.3 is 18.1 Å². The predicted molar refractivity (Wildman–Crippen MR) is 97.3 cm³/mol. The van der Waals surface area contributed by atoms with E-state index in [9.17, 15) is 22.8 Å². The van der Waals surface area contributed by atoms with Gasteiger partial charge in [0, 0.05) is 19.2 Å². The molecule has 0 aliphatic rings. The highest BCUT2D eigenvalue weighted by Gasteiger charge is 2.29. The first-order valence-corrected chi connectivity index (χ1v) is 8.51. The maximum Gasteiger partial charge on any atom is 0.416 e. The molecule has 0 aliphatic carbocycles. The summed E-state index contributed by atoms with van der Waals surface area (Å²) in [7, 11) is 1.23. The Balaban J connectivity index is 1.93. The summed E-state index contributed by atoms with van der Waals surface area (Å²) < 4.78 is 47.4. The van der Waals surface area contributed by atoms with E-state index in [0.29, 0.717) is 25.1 Å². The van der Waals surface area contributed by atoms with Gasteiger partial charge in [0.1, 0.15) is 11.3 Å². The van der Waals surface area contributed by atoms with Crippen LogP contribution in [0.5, 0.6) is 5.75 Å². The smallest absolute Gasteiger partial charge is 0.416 e. The average molecular weight is 395 g/mol. The molecule has 0 saturated carbocycles. The third-order valence-corrected chi connectivity index (χ3v) is 3.89. The van der Waals surface area contributed by atoms with E-state index in [1.54, 1.807) is 6.07 Å². The van der Waals surface area contributed by atoms with Crippen LogP contribution in [0.25, 0.3) is 0 Å². The molecule has 0 fully saturated rings. The van der Waals surface area contributed by atoms with Crippen LogP contribution in [0.1, 0.15) is 34.8 Å². The summed E-state index contributed by atoms with van der Waals surface area (Å²) in [6, 6.07) is 9.73. The predicted octanol–water partition coefficient (Wildman–Crippen LogP) is 4.46. The Morgan fingerprint density at radius 1 is 1.07 bits per heavy atom. The third kappa shape index (κ3) is 6.00. The lowest BCUT2D eigenvalue weighted by Crippen LogP contribution is -2.10. The lowest BCUT2D eigenvalue weighted by molar-refractivity contribution is -0.137. The minimum absolute atomic E-state index is 0.106. The van der Waals surface area contributed by atoms with Crippen molar-refractivity contribution in [3.63, 3.8) is 0 Å². The molecule has 0 aliphatic heterocycles. The van der Waals surface area contributed by atoms with Crippen LogP contribution in [0.4, 0.5) is 18.9 Å². The minimum atomic E-state index is -4.34. The largest absolute Gasteiger partial charge is 0.465 e. The lowest BCUT2D eigenvalue weighted by atomic mass is 10.1. The van der Waals surface area contributed by atoms with Crippen LogP contribution in [-0.4, -0.2) is 25.6 Å². The van der Waals surface area contributed by atoms with Crippen LogP contribution >= 0.6 is 0 Å². The van der Waals surface area contributed by atoms with Crippen molar-refractivity contribution in [3.05, 3.63) is 59.2 Å². The van der Waals surface area contributed by atoms with Gasteiger partial charge in [-0.3, -0.25) is 4.79 Å². The van der Waals surface area contributed by atoms with Crippen molar-refractivity contribution < 1.29 is 32.2 Å². The molecule has 5 nitrogen and oxygen atoms in total. The summed E-state index contributed by atoms with van der Waals surface area (Å²) in [4.78, 5) is 23.0.